The van der Waals surface area contributed by atoms with Crippen molar-refractivity contribution in [1.29, 1.82) is 0 Å². The van der Waals surface area contributed by atoms with Gasteiger partial charge in [-0.1, -0.05) is 6.07 Å². The van der Waals surface area contributed by atoms with E-state index in [-0.39, 0.29) is 5.54 Å². The Morgan fingerprint density at radius 2 is 1.82 bits per heavy atom. The Morgan fingerprint density at radius 1 is 1.18 bits per heavy atom. The van der Waals surface area contributed by atoms with Crippen molar-refractivity contribution in [2.75, 3.05) is 7.11 Å². The third-order valence-electron chi connectivity index (χ3n) is 3.34. The molecule has 0 bridgehead atoms. The number of rotatable bonds is 5. The fourth-order valence-electron chi connectivity index (χ4n) is 2.08. The molecule has 1 aromatic rings. The van der Waals surface area contributed by atoms with Crippen molar-refractivity contribution in [2.24, 2.45) is 5.73 Å². The monoisotopic (exact) mass is 235 g/mol. The van der Waals surface area contributed by atoms with Gasteiger partial charge in [0.15, 0.2) is 0 Å². The number of ether oxygens (including phenoxy) is 1. The molecule has 0 aromatic heterocycles. The zero-order valence-electron chi connectivity index (χ0n) is 11.8. The molecule has 96 valence electrons. The number of benzene rings is 1. The van der Waals surface area contributed by atoms with Gasteiger partial charge in [0.25, 0.3) is 0 Å². The highest BCUT2D eigenvalue weighted by atomic mass is 16.5. The molecule has 0 saturated carbocycles. The van der Waals surface area contributed by atoms with Crippen LogP contribution in [0.1, 0.15) is 43.4 Å². The fourth-order valence-corrected chi connectivity index (χ4v) is 2.08. The number of nitrogens with two attached hydrogens (primary N) is 1. The molecule has 1 rings (SSSR count). The molecule has 0 saturated heterocycles. The Bertz CT molecular complexity index is 377. The number of hydrogen-bond donors (Lipinski definition) is 1. The minimum absolute atomic E-state index is 0.0601. The smallest absolute Gasteiger partial charge is 0.122 e. The van der Waals surface area contributed by atoms with Gasteiger partial charge in [-0.05, 0) is 69.7 Å². The molecule has 0 atom stereocenters. The van der Waals surface area contributed by atoms with Gasteiger partial charge in [-0.25, -0.2) is 0 Å². The van der Waals surface area contributed by atoms with E-state index in [4.69, 9.17) is 10.5 Å². The topological polar surface area (TPSA) is 35.2 Å². The van der Waals surface area contributed by atoms with Crippen LogP contribution in [-0.4, -0.2) is 12.6 Å². The largest absolute Gasteiger partial charge is 0.496 e. The lowest BCUT2D eigenvalue weighted by Crippen LogP contribution is -2.31. The maximum atomic E-state index is 5.99. The lowest BCUT2D eigenvalue weighted by atomic mass is 9.94. The van der Waals surface area contributed by atoms with Gasteiger partial charge in [-0.3, -0.25) is 0 Å². The Labute approximate surface area is 105 Å². The second kappa shape index (κ2) is 5.54. The zero-order chi connectivity index (χ0) is 13.1. The summed E-state index contributed by atoms with van der Waals surface area (Å²) in [5, 5.41) is 0. The van der Waals surface area contributed by atoms with E-state index in [0.29, 0.717) is 0 Å². The summed E-state index contributed by atoms with van der Waals surface area (Å²) in [6.07, 6.45) is 3.28. The molecule has 2 heteroatoms. The fraction of sp³-hybridized carbons (Fsp3) is 0.600. The van der Waals surface area contributed by atoms with Crippen molar-refractivity contribution < 1.29 is 4.74 Å². The van der Waals surface area contributed by atoms with E-state index in [2.05, 4.69) is 39.8 Å². The normalized spacial score (nSPS) is 11.6. The van der Waals surface area contributed by atoms with Crippen LogP contribution in [0.3, 0.4) is 0 Å². The molecule has 0 heterocycles. The maximum absolute atomic E-state index is 5.99. The van der Waals surface area contributed by atoms with E-state index in [1.807, 2.05) is 0 Å². The third kappa shape index (κ3) is 4.04. The van der Waals surface area contributed by atoms with Crippen molar-refractivity contribution in [3.05, 3.63) is 28.8 Å². The van der Waals surface area contributed by atoms with Crippen LogP contribution >= 0.6 is 0 Å². The summed E-state index contributed by atoms with van der Waals surface area (Å²) in [5.74, 6) is 0.977. The summed E-state index contributed by atoms with van der Waals surface area (Å²) in [6, 6.07) is 4.23. The van der Waals surface area contributed by atoms with Gasteiger partial charge < -0.3 is 10.5 Å². The first-order valence-electron chi connectivity index (χ1n) is 6.27. The summed E-state index contributed by atoms with van der Waals surface area (Å²) < 4.78 is 5.32. The van der Waals surface area contributed by atoms with Gasteiger partial charge >= 0.3 is 0 Å². The molecule has 0 aliphatic carbocycles. The highest BCUT2D eigenvalue weighted by Gasteiger charge is 2.11. The van der Waals surface area contributed by atoms with E-state index in [1.165, 1.54) is 16.7 Å². The predicted molar refractivity (Wildman–Crippen MR) is 73.7 cm³/mol. The van der Waals surface area contributed by atoms with Gasteiger partial charge in [0, 0.05) is 5.54 Å². The van der Waals surface area contributed by atoms with Crippen molar-refractivity contribution >= 4 is 0 Å². The number of hydrogen-bond acceptors (Lipinski definition) is 2. The molecule has 0 amide bonds. The Hall–Kier alpha value is -1.02. The predicted octanol–water partition coefficient (Wildman–Crippen LogP) is 3.37. The van der Waals surface area contributed by atoms with Crippen molar-refractivity contribution in [2.45, 2.75) is 52.5 Å². The summed E-state index contributed by atoms with van der Waals surface area (Å²) in [5.41, 5.74) is 9.94. The first-order valence-corrected chi connectivity index (χ1v) is 6.27. The first-order chi connectivity index (χ1) is 7.85. The molecule has 0 aliphatic rings. The molecule has 0 fully saturated rings. The molecule has 2 N–H and O–H groups in total. The molecule has 0 spiro atoms. The molecule has 0 aliphatic heterocycles. The van der Waals surface area contributed by atoms with Crippen LogP contribution in [0, 0.1) is 13.8 Å². The van der Waals surface area contributed by atoms with Gasteiger partial charge in [-0.2, -0.15) is 0 Å². The van der Waals surface area contributed by atoms with E-state index in [0.717, 1.165) is 25.0 Å². The van der Waals surface area contributed by atoms with Crippen LogP contribution in [0.4, 0.5) is 0 Å². The van der Waals surface area contributed by atoms with E-state index < -0.39 is 0 Å². The molecule has 2 nitrogen and oxygen atoms in total. The quantitative estimate of drug-likeness (QED) is 0.849. The lowest BCUT2D eigenvalue weighted by Gasteiger charge is -2.19. The molecule has 0 unspecified atom stereocenters. The third-order valence-corrected chi connectivity index (χ3v) is 3.34. The van der Waals surface area contributed by atoms with Crippen LogP contribution < -0.4 is 10.5 Å². The van der Waals surface area contributed by atoms with Crippen molar-refractivity contribution in [1.82, 2.24) is 0 Å². The Morgan fingerprint density at radius 3 is 2.35 bits per heavy atom. The molecule has 0 radical (unpaired) electrons. The summed E-state index contributed by atoms with van der Waals surface area (Å²) in [6.45, 7) is 8.45. The van der Waals surface area contributed by atoms with Gasteiger partial charge in [-0.15, -0.1) is 0 Å². The van der Waals surface area contributed by atoms with Crippen LogP contribution in [-0.2, 0) is 6.42 Å². The number of methoxy groups -OCH3 is 1. The standard InChI is InChI=1S/C15H25NO/c1-11-12(2)14(17-5)9-8-13(11)7-6-10-15(3,4)16/h8-9H,6-7,10,16H2,1-5H3. The molecular weight excluding hydrogens is 210 g/mol. The van der Waals surface area contributed by atoms with Gasteiger partial charge in [0.05, 0.1) is 7.11 Å². The average molecular weight is 235 g/mol. The van der Waals surface area contributed by atoms with E-state index in [1.54, 1.807) is 7.11 Å². The van der Waals surface area contributed by atoms with E-state index >= 15 is 0 Å². The zero-order valence-corrected chi connectivity index (χ0v) is 11.8. The molecule has 1 aromatic carbocycles. The summed E-state index contributed by atoms with van der Waals surface area (Å²) in [7, 11) is 1.72. The lowest BCUT2D eigenvalue weighted by molar-refractivity contribution is 0.411. The second-order valence-electron chi connectivity index (χ2n) is 5.52. The second-order valence-corrected chi connectivity index (χ2v) is 5.52. The van der Waals surface area contributed by atoms with Crippen LogP contribution in [0.2, 0.25) is 0 Å². The number of aryl methyl sites for hydroxylation is 1. The van der Waals surface area contributed by atoms with Gasteiger partial charge in [0.2, 0.25) is 0 Å². The minimum Gasteiger partial charge on any atom is -0.496 e. The SMILES string of the molecule is COc1ccc(CCCC(C)(C)N)c(C)c1C. The maximum Gasteiger partial charge on any atom is 0.122 e. The Kier molecular flexibility index (Phi) is 4.58. The summed E-state index contributed by atoms with van der Waals surface area (Å²) >= 11 is 0. The summed E-state index contributed by atoms with van der Waals surface area (Å²) in [4.78, 5) is 0. The van der Waals surface area contributed by atoms with Crippen molar-refractivity contribution in [3.63, 3.8) is 0 Å². The van der Waals surface area contributed by atoms with Crippen LogP contribution in [0.15, 0.2) is 12.1 Å². The highest BCUT2D eigenvalue weighted by molar-refractivity contribution is 5.43. The van der Waals surface area contributed by atoms with Gasteiger partial charge in [0.1, 0.15) is 5.75 Å². The minimum atomic E-state index is -0.0601. The Balaban J connectivity index is 2.70. The van der Waals surface area contributed by atoms with Crippen LogP contribution in [0.5, 0.6) is 5.75 Å². The first kappa shape index (κ1) is 14.0. The van der Waals surface area contributed by atoms with E-state index in [9.17, 15) is 0 Å². The highest BCUT2D eigenvalue weighted by Crippen LogP contribution is 2.25. The molecule has 17 heavy (non-hydrogen) atoms. The average Bonchev–Trinajstić information content (AvgIpc) is 2.23. The van der Waals surface area contributed by atoms with Crippen molar-refractivity contribution in [3.8, 4) is 5.75 Å². The van der Waals surface area contributed by atoms with Crippen LogP contribution in [0.25, 0.3) is 0 Å². The molecular formula is C15H25NO.